The fourth-order valence-corrected chi connectivity index (χ4v) is 3.08. The van der Waals surface area contributed by atoms with Crippen molar-refractivity contribution < 1.29 is 0 Å². The lowest BCUT2D eigenvalue weighted by Crippen LogP contribution is -2.21. The zero-order chi connectivity index (χ0) is 12.1. The van der Waals surface area contributed by atoms with Crippen molar-refractivity contribution in [3.63, 3.8) is 0 Å². The molecule has 0 atom stereocenters. The third kappa shape index (κ3) is 1.28. The van der Waals surface area contributed by atoms with E-state index in [0.29, 0.717) is 0 Å². The molecular formula is C17H13B. The second-order valence-electron chi connectivity index (χ2n) is 5.15. The maximum atomic E-state index is 2.28. The van der Waals surface area contributed by atoms with Crippen LogP contribution in [0.25, 0.3) is 21.9 Å². The van der Waals surface area contributed by atoms with Crippen molar-refractivity contribution in [3.05, 3.63) is 60.2 Å². The monoisotopic (exact) mass is 228 g/mol. The molecule has 0 unspecified atom stereocenters. The zero-order valence-corrected chi connectivity index (χ0v) is 10.4. The van der Waals surface area contributed by atoms with Crippen LogP contribution in [0, 0.1) is 6.92 Å². The van der Waals surface area contributed by atoms with Gasteiger partial charge in [-0.2, -0.15) is 0 Å². The Morgan fingerprint density at radius 1 is 0.833 bits per heavy atom. The summed E-state index contributed by atoms with van der Waals surface area (Å²) in [4.78, 5) is 0. The van der Waals surface area contributed by atoms with Crippen LogP contribution in [0.4, 0.5) is 0 Å². The van der Waals surface area contributed by atoms with Crippen molar-refractivity contribution in [1.29, 1.82) is 0 Å². The van der Waals surface area contributed by atoms with Gasteiger partial charge in [-0.1, -0.05) is 71.1 Å². The van der Waals surface area contributed by atoms with E-state index in [1.54, 1.807) is 0 Å². The smallest absolute Gasteiger partial charge is 0.0708 e. The molecule has 18 heavy (non-hydrogen) atoms. The number of hydrogen-bond acceptors (Lipinski definition) is 0. The largest absolute Gasteiger partial charge is 0.194 e. The minimum atomic E-state index is 1.08. The molecule has 0 amide bonds. The van der Waals surface area contributed by atoms with Gasteiger partial charge in [-0.3, -0.25) is 0 Å². The van der Waals surface area contributed by atoms with E-state index in [9.17, 15) is 0 Å². The molecule has 1 heteroatoms. The quantitative estimate of drug-likeness (QED) is 0.406. The molecule has 0 saturated carbocycles. The van der Waals surface area contributed by atoms with Gasteiger partial charge < -0.3 is 0 Å². The van der Waals surface area contributed by atoms with Crippen molar-refractivity contribution >= 4 is 29.0 Å². The van der Waals surface area contributed by atoms with E-state index in [2.05, 4.69) is 61.5 Å². The summed E-state index contributed by atoms with van der Waals surface area (Å²) in [5, 5.41) is 2.77. The Labute approximate surface area is 108 Å². The molecule has 0 aliphatic carbocycles. The molecule has 3 aromatic rings. The van der Waals surface area contributed by atoms with Crippen molar-refractivity contribution in [3.8, 4) is 11.1 Å². The number of benzene rings is 3. The highest BCUT2D eigenvalue weighted by Crippen LogP contribution is 2.25. The molecule has 0 bridgehead atoms. The van der Waals surface area contributed by atoms with Gasteiger partial charge in [0.15, 0.2) is 7.28 Å². The van der Waals surface area contributed by atoms with Crippen LogP contribution in [0.5, 0.6) is 0 Å². The maximum Gasteiger partial charge on any atom is 0.194 e. The van der Waals surface area contributed by atoms with Crippen LogP contribution in [0.2, 0.25) is 0 Å². The van der Waals surface area contributed by atoms with Crippen LogP contribution in [0.3, 0.4) is 0 Å². The predicted octanol–water partition coefficient (Wildman–Crippen LogP) is 2.52. The summed E-state index contributed by atoms with van der Waals surface area (Å²) in [6, 6.07) is 20.0. The molecule has 1 heterocycles. The normalized spacial score (nSPS) is 12.1. The summed E-state index contributed by atoms with van der Waals surface area (Å²) in [5.74, 6) is 0. The topological polar surface area (TPSA) is 0 Å². The van der Waals surface area contributed by atoms with E-state index in [-0.39, 0.29) is 0 Å². The molecule has 4 rings (SSSR count). The Kier molecular flexibility index (Phi) is 1.93. The van der Waals surface area contributed by atoms with Crippen LogP contribution >= 0.6 is 0 Å². The molecule has 0 aromatic heterocycles. The Balaban J connectivity index is 2.07. The van der Waals surface area contributed by atoms with E-state index >= 15 is 0 Å². The van der Waals surface area contributed by atoms with Gasteiger partial charge in [0, 0.05) is 0 Å². The minimum Gasteiger partial charge on any atom is -0.0708 e. The van der Waals surface area contributed by atoms with Gasteiger partial charge in [0.1, 0.15) is 0 Å². The summed E-state index contributed by atoms with van der Waals surface area (Å²) in [5.41, 5.74) is 7.11. The molecule has 0 saturated heterocycles. The fraction of sp³-hybridized carbons (Fsp3) is 0.0588. The Morgan fingerprint density at radius 3 is 2.67 bits per heavy atom. The lowest BCUT2D eigenvalue weighted by atomic mass is 9.66. The summed E-state index contributed by atoms with van der Waals surface area (Å²) in [6.45, 7) is 2.15. The van der Waals surface area contributed by atoms with Crippen molar-refractivity contribution in [2.24, 2.45) is 0 Å². The number of aryl methyl sites for hydroxylation is 1. The predicted molar refractivity (Wildman–Crippen MR) is 80.5 cm³/mol. The fourth-order valence-electron chi connectivity index (χ4n) is 3.08. The lowest BCUT2D eigenvalue weighted by molar-refractivity contribution is 1.51. The molecule has 1 aliphatic rings. The minimum absolute atomic E-state index is 1.08. The number of rotatable bonds is 0. The summed E-state index contributed by atoms with van der Waals surface area (Å²) < 4.78 is 0. The van der Waals surface area contributed by atoms with E-state index in [0.717, 1.165) is 7.28 Å². The molecule has 3 aromatic carbocycles. The van der Waals surface area contributed by atoms with Gasteiger partial charge in [0.05, 0.1) is 0 Å². The molecule has 0 radical (unpaired) electrons. The van der Waals surface area contributed by atoms with Gasteiger partial charge in [-0.15, -0.1) is 0 Å². The van der Waals surface area contributed by atoms with E-state index in [4.69, 9.17) is 0 Å². The molecule has 0 spiro atoms. The van der Waals surface area contributed by atoms with Crippen molar-refractivity contribution in [1.82, 2.24) is 0 Å². The molecule has 84 valence electrons. The zero-order valence-electron chi connectivity index (χ0n) is 10.4. The van der Waals surface area contributed by atoms with Crippen LogP contribution < -0.4 is 10.9 Å². The van der Waals surface area contributed by atoms with Gasteiger partial charge in [0.2, 0.25) is 0 Å². The third-order valence-corrected chi connectivity index (χ3v) is 3.96. The standard InChI is InChI=1S/C17H13B/c1-11-6-8-13-12(10-11)7-9-15-14-4-2-3-5-16(14)18-17(13)15/h2-10,18H,1H3. The van der Waals surface area contributed by atoms with E-state index in [1.165, 1.54) is 38.4 Å². The Morgan fingerprint density at radius 2 is 1.72 bits per heavy atom. The molecule has 1 aliphatic heterocycles. The summed E-state index contributed by atoms with van der Waals surface area (Å²) in [6.07, 6.45) is 0. The Hall–Kier alpha value is -2.02. The van der Waals surface area contributed by atoms with Gasteiger partial charge >= 0.3 is 0 Å². The van der Waals surface area contributed by atoms with Gasteiger partial charge in [-0.25, -0.2) is 0 Å². The second-order valence-corrected chi connectivity index (χ2v) is 5.15. The van der Waals surface area contributed by atoms with Crippen molar-refractivity contribution in [2.75, 3.05) is 0 Å². The molecule has 0 N–H and O–H groups in total. The van der Waals surface area contributed by atoms with E-state index < -0.39 is 0 Å². The highest BCUT2D eigenvalue weighted by atomic mass is 14.1. The summed E-state index contributed by atoms with van der Waals surface area (Å²) >= 11 is 0. The second kappa shape index (κ2) is 3.49. The average Bonchev–Trinajstić information content (AvgIpc) is 2.77. The van der Waals surface area contributed by atoms with Crippen LogP contribution in [-0.2, 0) is 0 Å². The van der Waals surface area contributed by atoms with E-state index in [1.807, 2.05) is 0 Å². The van der Waals surface area contributed by atoms with Crippen LogP contribution in [0.15, 0.2) is 54.6 Å². The lowest BCUT2D eigenvalue weighted by Gasteiger charge is -2.06. The molecule has 0 fully saturated rings. The van der Waals surface area contributed by atoms with Gasteiger partial charge in [0.25, 0.3) is 0 Å². The third-order valence-electron chi connectivity index (χ3n) is 3.96. The first-order valence-corrected chi connectivity index (χ1v) is 6.43. The first-order valence-electron chi connectivity index (χ1n) is 6.43. The number of hydrogen-bond donors (Lipinski definition) is 0. The molecule has 0 nitrogen and oxygen atoms in total. The highest BCUT2D eigenvalue weighted by molar-refractivity contribution is 6.75. The highest BCUT2D eigenvalue weighted by Gasteiger charge is 2.20. The Bertz CT molecular complexity index is 772. The number of fused-ring (bicyclic) bond motifs is 5. The average molecular weight is 228 g/mol. The first-order chi connectivity index (χ1) is 8.83. The van der Waals surface area contributed by atoms with Crippen LogP contribution in [-0.4, -0.2) is 7.28 Å². The summed E-state index contributed by atoms with van der Waals surface area (Å²) in [7, 11) is 1.08. The SMILES string of the molecule is Cc1ccc2c3c(ccc2c1)-c1ccccc1B3. The van der Waals surface area contributed by atoms with Crippen molar-refractivity contribution in [2.45, 2.75) is 6.92 Å². The van der Waals surface area contributed by atoms with Gasteiger partial charge in [-0.05, 0) is 28.8 Å². The van der Waals surface area contributed by atoms with Crippen LogP contribution in [0.1, 0.15) is 5.56 Å². The molecular weight excluding hydrogens is 215 g/mol. The maximum absolute atomic E-state index is 2.28. The first kappa shape index (κ1) is 9.96.